The summed E-state index contributed by atoms with van der Waals surface area (Å²) >= 11 is 11.9. The van der Waals surface area contributed by atoms with Crippen molar-refractivity contribution in [3.8, 4) is 17.1 Å². The third kappa shape index (κ3) is 4.93. The smallest absolute Gasteiger partial charge is 0.382 e. The van der Waals surface area contributed by atoms with Crippen LogP contribution in [0.15, 0.2) is 53.3 Å². The molecule has 4 aromatic rings. The van der Waals surface area contributed by atoms with Crippen molar-refractivity contribution < 1.29 is 18.3 Å². The number of benzene rings is 2. The Kier molecular flexibility index (Phi) is 6.39. The molecule has 0 aliphatic carbocycles. The molecular weight excluding hydrogens is 498 g/mol. The fraction of sp³-hybridized carbons (Fsp3) is 0.200. The van der Waals surface area contributed by atoms with Gasteiger partial charge in [0.1, 0.15) is 6.54 Å². The predicted molar refractivity (Wildman–Crippen MR) is 119 cm³/mol. The third-order valence-corrected chi connectivity index (χ3v) is 5.27. The molecule has 1 atom stereocenters. The summed E-state index contributed by atoms with van der Waals surface area (Å²) in [5.74, 6) is 0.00521. The SMILES string of the molecule is Nc1nc(Cn2nc(-c3ccc(Cl)cc3)n(C[C@H](O)C(F)(F)F)c2=O)nn1-c1cccc(Cl)c1. The third-order valence-electron chi connectivity index (χ3n) is 4.78. The first kappa shape index (κ1) is 23.8. The molecule has 0 radical (unpaired) electrons. The molecule has 14 heteroatoms. The molecule has 9 nitrogen and oxygen atoms in total. The van der Waals surface area contributed by atoms with Crippen LogP contribution in [0.4, 0.5) is 19.1 Å². The Balaban J connectivity index is 1.73. The molecule has 0 spiro atoms. The summed E-state index contributed by atoms with van der Waals surface area (Å²) in [7, 11) is 0. The molecule has 2 heterocycles. The van der Waals surface area contributed by atoms with Gasteiger partial charge in [0, 0.05) is 15.6 Å². The molecule has 0 bridgehead atoms. The van der Waals surface area contributed by atoms with Crippen LogP contribution in [-0.4, -0.2) is 46.5 Å². The van der Waals surface area contributed by atoms with Gasteiger partial charge < -0.3 is 10.8 Å². The van der Waals surface area contributed by atoms with Gasteiger partial charge in [-0.05, 0) is 42.5 Å². The Labute approximate surface area is 199 Å². The van der Waals surface area contributed by atoms with Gasteiger partial charge in [-0.3, -0.25) is 4.57 Å². The normalized spacial score (nSPS) is 12.8. The molecule has 0 unspecified atom stereocenters. The maximum atomic E-state index is 13.0. The summed E-state index contributed by atoms with van der Waals surface area (Å²) in [5.41, 5.74) is 5.88. The fourth-order valence-electron chi connectivity index (χ4n) is 3.16. The largest absolute Gasteiger partial charge is 0.416 e. The zero-order valence-electron chi connectivity index (χ0n) is 17.1. The second-order valence-electron chi connectivity index (χ2n) is 7.22. The number of nitrogen functional groups attached to an aromatic ring is 1. The van der Waals surface area contributed by atoms with E-state index < -0.39 is 24.5 Å². The number of anilines is 1. The van der Waals surface area contributed by atoms with Gasteiger partial charge in [0.05, 0.1) is 12.2 Å². The van der Waals surface area contributed by atoms with Crippen molar-refractivity contribution in [1.82, 2.24) is 29.1 Å². The Morgan fingerprint density at radius 3 is 2.41 bits per heavy atom. The molecule has 2 aromatic heterocycles. The van der Waals surface area contributed by atoms with Gasteiger partial charge in [0.2, 0.25) is 5.95 Å². The highest BCUT2D eigenvalue weighted by molar-refractivity contribution is 6.31. The van der Waals surface area contributed by atoms with E-state index in [0.29, 0.717) is 21.3 Å². The summed E-state index contributed by atoms with van der Waals surface area (Å²) in [6.07, 6.45) is -7.70. The van der Waals surface area contributed by atoms with Gasteiger partial charge in [-0.15, -0.1) is 10.2 Å². The molecule has 178 valence electrons. The number of aliphatic hydroxyl groups excluding tert-OH is 1. The Morgan fingerprint density at radius 1 is 1.06 bits per heavy atom. The fourth-order valence-corrected chi connectivity index (χ4v) is 3.48. The number of hydrogen-bond donors (Lipinski definition) is 2. The van der Waals surface area contributed by atoms with Crippen LogP contribution in [-0.2, 0) is 13.1 Å². The van der Waals surface area contributed by atoms with E-state index in [1.165, 1.54) is 28.9 Å². The van der Waals surface area contributed by atoms with E-state index in [4.69, 9.17) is 28.9 Å². The van der Waals surface area contributed by atoms with Crippen molar-refractivity contribution in [1.29, 1.82) is 0 Å². The number of nitrogens with two attached hydrogens (primary N) is 1. The van der Waals surface area contributed by atoms with E-state index in [1.54, 1.807) is 24.3 Å². The van der Waals surface area contributed by atoms with Crippen LogP contribution in [0.25, 0.3) is 17.1 Å². The van der Waals surface area contributed by atoms with Crippen LogP contribution in [0.2, 0.25) is 10.0 Å². The summed E-state index contributed by atoms with van der Waals surface area (Å²) < 4.78 is 41.9. The van der Waals surface area contributed by atoms with Crippen LogP contribution in [0.3, 0.4) is 0 Å². The topological polar surface area (TPSA) is 117 Å². The number of nitrogens with zero attached hydrogens (tertiary/aromatic N) is 6. The highest BCUT2D eigenvalue weighted by Crippen LogP contribution is 2.24. The van der Waals surface area contributed by atoms with Gasteiger partial charge >= 0.3 is 11.9 Å². The van der Waals surface area contributed by atoms with E-state index in [0.717, 1.165) is 9.25 Å². The zero-order chi connectivity index (χ0) is 24.6. The van der Waals surface area contributed by atoms with Gasteiger partial charge in [0.15, 0.2) is 17.8 Å². The molecule has 2 aromatic carbocycles. The number of hydrogen-bond acceptors (Lipinski definition) is 6. The van der Waals surface area contributed by atoms with E-state index in [9.17, 15) is 23.1 Å². The van der Waals surface area contributed by atoms with Gasteiger partial charge in [0.25, 0.3) is 0 Å². The molecule has 3 N–H and O–H groups in total. The number of halogens is 5. The highest BCUT2D eigenvalue weighted by atomic mass is 35.5. The predicted octanol–water partition coefficient (Wildman–Crippen LogP) is 3.15. The average molecular weight is 514 g/mol. The van der Waals surface area contributed by atoms with E-state index >= 15 is 0 Å². The molecule has 0 fully saturated rings. The standard InChI is InChI=1S/C20H16Cl2F3N7O2/c21-12-6-4-11(5-7-12)17-29-31(19(34)30(17)9-15(33)20(23,24)25)10-16-27-18(26)32(28-16)14-3-1-2-13(22)8-14/h1-8,15,33H,9-10H2,(H2,26,27,28)/t15-/m0/s1. The summed E-state index contributed by atoms with van der Waals surface area (Å²) in [5, 5.41) is 18.8. The Hall–Kier alpha value is -3.35. The maximum Gasteiger partial charge on any atom is 0.416 e. The van der Waals surface area contributed by atoms with Gasteiger partial charge in [-0.1, -0.05) is 29.3 Å². The second-order valence-corrected chi connectivity index (χ2v) is 8.09. The van der Waals surface area contributed by atoms with Crippen LogP contribution < -0.4 is 11.4 Å². The van der Waals surface area contributed by atoms with Gasteiger partial charge in [-0.2, -0.15) is 22.8 Å². The molecule has 0 saturated heterocycles. The van der Waals surface area contributed by atoms with E-state index in [2.05, 4.69) is 15.2 Å². The molecule has 34 heavy (non-hydrogen) atoms. The summed E-state index contributed by atoms with van der Waals surface area (Å²) in [6, 6.07) is 12.6. The van der Waals surface area contributed by atoms with Crippen molar-refractivity contribution in [3.63, 3.8) is 0 Å². The summed E-state index contributed by atoms with van der Waals surface area (Å²) in [6.45, 7) is -1.33. The minimum atomic E-state index is -4.93. The van der Waals surface area contributed by atoms with Crippen LogP contribution in [0, 0.1) is 0 Å². The van der Waals surface area contributed by atoms with Crippen molar-refractivity contribution in [2.75, 3.05) is 5.73 Å². The lowest BCUT2D eigenvalue weighted by atomic mass is 10.2. The van der Waals surface area contributed by atoms with E-state index in [-0.39, 0.29) is 24.1 Å². The van der Waals surface area contributed by atoms with Gasteiger partial charge in [-0.25, -0.2) is 9.48 Å². The summed E-state index contributed by atoms with van der Waals surface area (Å²) in [4.78, 5) is 17.1. The lowest BCUT2D eigenvalue weighted by Crippen LogP contribution is -2.37. The molecule has 4 rings (SSSR count). The lowest BCUT2D eigenvalue weighted by Gasteiger charge is -2.15. The molecule has 0 aliphatic rings. The first-order valence-electron chi connectivity index (χ1n) is 9.68. The first-order valence-corrected chi connectivity index (χ1v) is 10.4. The quantitative estimate of drug-likeness (QED) is 0.409. The molecular formula is C20H16Cl2F3N7O2. The second kappa shape index (κ2) is 9.12. The molecule has 0 saturated carbocycles. The number of aromatic nitrogens is 6. The van der Waals surface area contributed by atoms with Crippen LogP contribution in [0.1, 0.15) is 5.82 Å². The minimum Gasteiger partial charge on any atom is -0.382 e. The molecule has 0 aliphatic heterocycles. The maximum absolute atomic E-state index is 13.0. The number of aliphatic hydroxyl groups is 1. The lowest BCUT2D eigenvalue weighted by molar-refractivity contribution is -0.207. The molecule has 0 amide bonds. The number of alkyl halides is 3. The minimum absolute atomic E-state index is 0.00941. The van der Waals surface area contributed by atoms with Crippen molar-refractivity contribution in [2.24, 2.45) is 0 Å². The highest BCUT2D eigenvalue weighted by Gasteiger charge is 2.39. The zero-order valence-corrected chi connectivity index (χ0v) is 18.6. The number of rotatable bonds is 6. The Bertz CT molecular complexity index is 1380. The van der Waals surface area contributed by atoms with Crippen molar-refractivity contribution in [2.45, 2.75) is 25.4 Å². The first-order chi connectivity index (χ1) is 16.0. The Morgan fingerprint density at radius 2 is 1.76 bits per heavy atom. The average Bonchev–Trinajstić information content (AvgIpc) is 3.28. The monoisotopic (exact) mass is 513 g/mol. The van der Waals surface area contributed by atoms with Crippen LogP contribution >= 0.6 is 23.2 Å². The van der Waals surface area contributed by atoms with Crippen molar-refractivity contribution in [3.05, 3.63) is 74.9 Å². The van der Waals surface area contributed by atoms with E-state index in [1.807, 2.05) is 0 Å². The van der Waals surface area contributed by atoms with Crippen LogP contribution in [0.5, 0.6) is 0 Å². The van der Waals surface area contributed by atoms with Crippen molar-refractivity contribution >= 4 is 29.2 Å².